The van der Waals surface area contributed by atoms with E-state index in [-0.39, 0.29) is 16.8 Å². The Kier molecular flexibility index (Phi) is 5.09. The van der Waals surface area contributed by atoms with Crippen LogP contribution in [0.4, 0.5) is 0 Å². The number of fused-ring (bicyclic) bond motifs is 1. The average Bonchev–Trinajstić information content (AvgIpc) is 3.18. The van der Waals surface area contributed by atoms with Crippen molar-refractivity contribution in [3.05, 3.63) is 51.7 Å². The molecule has 3 heterocycles. The van der Waals surface area contributed by atoms with Crippen molar-refractivity contribution < 1.29 is 13.2 Å². The van der Waals surface area contributed by atoms with Gasteiger partial charge >= 0.3 is 0 Å². The van der Waals surface area contributed by atoms with E-state index < -0.39 is 10.0 Å². The van der Waals surface area contributed by atoms with Gasteiger partial charge in [-0.15, -0.1) is 11.3 Å². The second-order valence-corrected chi connectivity index (χ2v) is 10.2. The van der Waals surface area contributed by atoms with Gasteiger partial charge in [0.05, 0.1) is 10.9 Å². The minimum Gasteiger partial charge on any atom is -0.331 e. The molecule has 1 aromatic carbocycles. The molecule has 0 radical (unpaired) electrons. The summed E-state index contributed by atoms with van der Waals surface area (Å²) in [4.78, 5) is 16.5. The zero-order chi connectivity index (χ0) is 19.0. The molecule has 0 unspecified atom stereocenters. The summed E-state index contributed by atoms with van der Waals surface area (Å²) < 4.78 is 27.4. The predicted octanol–water partition coefficient (Wildman–Crippen LogP) is 3.68. The summed E-state index contributed by atoms with van der Waals surface area (Å²) in [6.45, 7) is 3.82. The highest BCUT2D eigenvalue weighted by Crippen LogP contribution is 2.34. The fourth-order valence-electron chi connectivity index (χ4n) is 4.00. The molecule has 4 rings (SSSR count). The van der Waals surface area contributed by atoms with E-state index in [4.69, 9.17) is 0 Å². The first-order valence-electron chi connectivity index (χ1n) is 9.46. The molecule has 0 aliphatic carbocycles. The lowest BCUT2D eigenvalue weighted by molar-refractivity contribution is 0.0679. The summed E-state index contributed by atoms with van der Waals surface area (Å²) in [5.41, 5.74) is 1.65. The number of sulfonamides is 1. The predicted molar refractivity (Wildman–Crippen MR) is 107 cm³/mol. The molecule has 5 nitrogen and oxygen atoms in total. The second kappa shape index (κ2) is 7.37. The van der Waals surface area contributed by atoms with Gasteiger partial charge < -0.3 is 4.90 Å². The van der Waals surface area contributed by atoms with Crippen LogP contribution in [0.3, 0.4) is 0 Å². The van der Waals surface area contributed by atoms with E-state index >= 15 is 0 Å². The van der Waals surface area contributed by atoms with E-state index in [2.05, 4.69) is 11.4 Å². The first-order chi connectivity index (χ1) is 13.0. The smallest absolute Gasteiger partial charge is 0.254 e. The van der Waals surface area contributed by atoms with Crippen molar-refractivity contribution in [1.29, 1.82) is 0 Å². The summed E-state index contributed by atoms with van der Waals surface area (Å²) in [7, 11) is -3.54. The molecule has 0 N–H and O–H groups in total. The van der Waals surface area contributed by atoms with Crippen molar-refractivity contribution in [2.75, 3.05) is 19.6 Å². The molecule has 2 aliphatic heterocycles. The minimum absolute atomic E-state index is 0.00913. The molecule has 2 aliphatic rings. The third-order valence-electron chi connectivity index (χ3n) is 5.57. The summed E-state index contributed by atoms with van der Waals surface area (Å²) in [5, 5.41) is 2.07. The van der Waals surface area contributed by atoms with Gasteiger partial charge in [0.15, 0.2) is 0 Å². The normalized spacial score (nSPS) is 21.1. The van der Waals surface area contributed by atoms with E-state index in [1.807, 2.05) is 11.8 Å². The number of amides is 1. The number of hydrogen-bond acceptors (Lipinski definition) is 4. The Hall–Kier alpha value is -1.70. The SMILES string of the molecule is C[C@@H]1c2ccsc2CCN1C(=O)c1cccc(S(=O)(=O)N2CCCCC2)c1. The van der Waals surface area contributed by atoms with E-state index in [1.165, 1.54) is 10.4 Å². The Labute approximate surface area is 164 Å². The molecule has 1 atom stereocenters. The van der Waals surface area contributed by atoms with Gasteiger partial charge in [-0.2, -0.15) is 4.31 Å². The van der Waals surface area contributed by atoms with Crippen molar-refractivity contribution in [3.8, 4) is 0 Å². The topological polar surface area (TPSA) is 57.7 Å². The van der Waals surface area contributed by atoms with E-state index in [9.17, 15) is 13.2 Å². The second-order valence-electron chi connectivity index (χ2n) is 7.22. The summed E-state index contributed by atoms with van der Waals surface area (Å²) in [6.07, 6.45) is 3.72. The lowest BCUT2D eigenvalue weighted by Crippen LogP contribution is -2.38. The van der Waals surface area contributed by atoms with E-state index in [0.29, 0.717) is 25.2 Å². The molecule has 27 heavy (non-hydrogen) atoms. The molecular weight excluding hydrogens is 380 g/mol. The zero-order valence-electron chi connectivity index (χ0n) is 15.4. The van der Waals surface area contributed by atoms with Crippen molar-refractivity contribution in [2.24, 2.45) is 0 Å². The lowest BCUT2D eigenvalue weighted by Gasteiger charge is -2.34. The fourth-order valence-corrected chi connectivity index (χ4v) is 6.52. The van der Waals surface area contributed by atoms with E-state index in [1.54, 1.807) is 39.9 Å². The van der Waals surface area contributed by atoms with Crippen molar-refractivity contribution in [1.82, 2.24) is 9.21 Å². The third kappa shape index (κ3) is 3.44. The van der Waals surface area contributed by atoms with Crippen LogP contribution in [0.15, 0.2) is 40.6 Å². The maximum atomic E-state index is 13.1. The molecular formula is C20H24N2O3S2. The van der Waals surface area contributed by atoms with Crippen molar-refractivity contribution >= 4 is 27.3 Å². The van der Waals surface area contributed by atoms with E-state index in [0.717, 1.165) is 25.7 Å². The Balaban J connectivity index is 1.60. The molecule has 1 fully saturated rings. The number of piperidine rings is 1. The van der Waals surface area contributed by atoms with Gasteiger partial charge in [-0.1, -0.05) is 12.5 Å². The standard InChI is InChI=1S/C20H24N2O3S2/c1-15-18-9-13-26-19(18)8-12-22(15)20(23)16-6-5-7-17(14-16)27(24,25)21-10-3-2-4-11-21/h5-7,9,13-15H,2-4,8,10-12H2,1H3/t15-/m1/s1. The fraction of sp³-hybridized carbons (Fsp3) is 0.450. The quantitative estimate of drug-likeness (QED) is 0.784. The van der Waals surface area contributed by atoms with Gasteiger partial charge in [0.2, 0.25) is 10.0 Å². The molecule has 0 saturated carbocycles. The van der Waals surface area contributed by atoms with Crippen LogP contribution in [0, 0.1) is 0 Å². The number of hydrogen-bond donors (Lipinski definition) is 0. The van der Waals surface area contributed by atoms with Crippen LogP contribution in [-0.4, -0.2) is 43.2 Å². The molecule has 0 bridgehead atoms. The Morgan fingerprint density at radius 2 is 1.89 bits per heavy atom. The van der Waals surface area contributed by atoms with Crippen molar-refractivity contribution in [2.45, 2.75) is 43.5 Å². The van der Waals surface area contributed by atoms with Crippen LogP contribution >= 0.6 is 11.3 Å². The van der Waals surface area contributed by atoms with Crippen LogP contribution in [0.2, 0.25) is 0 Å². The van der Waals surface area contributed by atoms with Crippen molar-refractivity contribution in [3.63, 3.8) is 0 Å². The Morgan fingerprint density at radius 1 is 1.11 bits per heavy atom. The largest absolute Gasteiger partial charge is 0.331 e. The van der Waals surface area contributed by atoms with Gasteiger partial charge in [-0.3, -0.25) is 4.79 Å². The van der Waals surface area contributed by atoms with Gasteiger partial charge in [0.25, 0.3) is 5.91 Å². The molecule has 2 aromatic rings. The average molecular weight is 405 g/mol. The molecule has 1 aromatic heterocycles. The Morgan fingerprint density at radius 3 is 2.67 bits per heavy atom. The minimum atomic E-state index is -3.54. The highest BCUT2D eigenvalue weighted by molar-refractivity contribution is 7.89. The highest BCUT2D eigenvalue weighted by Gasteiger charge is 2.31. The molecule has 1 amide bonds. The first-order valence-corrected chi connectivity index (χ1v) is 11.8. The van der Waals surface area contributed by atoms with Crippen LogP contribution in [0.1, 0.15) is 53.0 Å². The van der Waals surface area contributed by atoms with Crippen LogP contribution in [-0.2, 0) is 16.4 Å². The summed E-state index contributed by atoms with van der Waals surface area (Å²) in [5.74, 6) is -0.102. The zero-order valence-corrected chi connectivity index (χ0v) is 17.1. The first kappa shape index (κ1) is 18.7. The molecule has 7 heteroatoms. The Bertz CT molecular complexity index is 946. The molecule has 0 spiro atoms. The molecule has 1 saturated heterocycles. The van der Waals surface area contributed by atoms with Crippen LogP contribution in [0.5, 0.6) is 0 Å². The van der Waals surface area contributed by atoms with Crippen LogP contribution in [0.25, 0.3) is 0 Å². The number of nitrogens with zero attached hydrogens (tertiary/aromatic N) is 2. The third-order valence-corrected chi connectivity index (χ3v) is 8.46. The van der Waals surface area contributed by atoms with Gasteiger partial charge in [-0.25, -0.2) is 8.42 Å². The number of thiophene rings is 1. The number of carbonyl (C=O) groups is 1. The lowest BCUT2D eigenvalue weighted by atomic mass is 10.0. The summed E-state index contributed by atoms with van der Waals surface area (Å²) >= 11 is 1.74. The highest BCUT2D eigenvalue weighted by atomic mass is 32.2. The van der Waals surface area contributed by atoms with Gasteiger partial charge in [0, 0.05) is 30.1 Å². The monoisotopic (exact) mass is 404 g/mol. The number of carbonyl (C=O) groups excluding carboxylic acids is 1. The molecule has 144 valence electrons. The number of benzene rings is 1. The van der Waals surface area contributed by atoms with Crippen LogP contribution < -0.4 is 0 Å². The maximum absolute atomic E-state index is 13.1. The summed E-state index contributed by atoms with van der Waals surface area (Å²) in [6, 6.07) is 8.62. The van der Waals surface area contributed by atoms with Gasteiger partial charge in [0.1, 0.15) is 0 Å². The van der Waals surface area contributed by atoms with Gasteiger partial charge in [-0.05, 0) is 61.4 Å². The maximum Gasteiger partial charge on any atom is 0.254 e. The number of rotatable bonds is 3.